The molecule has 0 aliphatic carbocycles. The third-order valence-corrected chi connectivity index (χ3v) is 4.91. The lowest BCUT2D eigenvalue weighted by Crippen LogP contribution is -1.97. The molecule has 2 N–H and O–H groups in total. The molecule has 2 aromatic heterocycles. The van der Waals surface area contributed by atoms with E-state index < -0.39 is 0 Å². The molecule has 0 amide bonds. The van der Waals surface area contributed by atoms with Gasteiger partial charge in [0, 0.05) is 16.5 Å². The van der Waals surface area contributed by atoms with E-state index in [1.165, 1.54) is 0 Å². The number of nitrogens with zero attached hydrogens (tertiary/aromatic N) is 2. The summed E-state index contributed by atoms with van der Waals surface area (Å²) in [5.74, 6) is 1.20. The molecule has 0 saturated heterocycles. The third kappa shape index (κ3) is 3.51. The second kappa shape index (κ2) is 7.75. The maximum Gasteiger partial charge on any atom is 0.320 e. The van der Waals surface area contributed by atoms with Crippen molar-refractivity contribution in [3.05, 3.63) is 90.3 Å². The first-order valence-electron chi connectivity index (χ1n) is 9.72. The molecule has 0 radical (unpaired) electrons. The van der Waals surface area contributed by atoms with Crippen LogP contribution in [0.25, 0.3) is 22.2 Å². The Balaban J connectivity index is 1.42. The van der Waals surface area contributed by atoms with E-state index in [9.17, 15) is 0 Å². The summed E-state index contributed by atoms with van der Waals surface area (Å²) in [4.78, 5) is 3.48. The number of fused-ring (bicyclic) bond motifs is 1. The zero-order valence-electron chi connectivity index (χ0n) is 16.4. The monoisotopic (exact) mass is 396 g/mol. The van der Waals surface area contributed by atoms with Gasteiger partial charge in [-0.3, -0.25) is 0 Å². The van der Waals surface area contributed by atoms with Crippen molar-refractivity contribution in [2.24, 2.45) is 0 Å². The number of ether oxygens (including phenoxy) is 1. The summed E-state index contributed by atoms with van der Waals surface area (Å²) in [7, 11) is 0. The molecule has 5 aromatic rings. The zero-order chi connectivity index (χ0) is 20.3. The lowest BCUT2D eigenvalue weighted by molar-refractivity contribution is 0.263. The van der Waals surface area contributed by atoms with E-state index in [4.69, 9.17) is 9.15 Å². The van der Waals surface area contributed by atoms with Crippen molar-refractivity contribution in [3.63, 3.8) is 0 Å². The number of benzene rings is 3. The Hall–Kier alpha value is -4.06. The van der Waals surface area contributed by atoms with Crippen molar-refractivity contribution in [2.45, 2.75) is 13.5 Å². The second-order valence-corrected chi connectivity index (χ2v) is 6.97. The number of aromatic nitrogens is 3. The number of aryl methyl sites for hydroxylation is 1. The number of nitrogens with one attached hydrogen (secondary N) is 2. The average molecular weight is 396 g/mol. The van der Waals surface area contributed by atoms with Gasteiger partial charge in [-0.15, -0.1) is 5.10 Å². The molecular weight excluding hydrogens is 376 g/mol. The van der Waals surface area contributed by atoms with Gasteiger partial charge in [-0.2, -0.15) is 0 Å². The number of para-hydroxylation sites is 2. The van der Waals surface area contributed by atoms with Gasteiger partial charge in [0.2, 0.25) is 0 Å². The molecular formula is C24H20N4O2. The van der Waals surface area contributed by atoms with Crippen molar-refractivity contribution in [3.8, 4) is 17.0 Å². The summed E-state index contributed by atoms with van der Waals surface area (Å²) < 4.78 is 11.6. The highest BCUT2D eigenvalue weighted by Crippen LogP contribution is 2.36. The molecule has 6 nitrogen and oxygen atoms in total. The molecule has 0 bridgehead atoms. The first-order chi connectivity index (χ1) is 14.8. The number of rotatable bonds is 6. The van der Waals surface area contributed by atoms with Gasteiger partial charge in [-0.25, -0.2) is 0 Å². The van der Waals surface area contributed by atoms with E-state index in [0.29, 0.717) is 11.9 Å². The normalized spacial score (nSPS) is 11.0. The minimum Gasteiger partial charge on any atom is -0.484 e. The molecule has 5 rings (SSSR count). The zero-order valence-corrected chi connectivity index (χ0v) is 16.4. The van der Waals surface area contributed by atoms with Crippen LogP contribution in [0.2, 0.25) is 0 Å². The summed E-state index contributed by atoms with van der Waals surface area (Å²) in [5, 5.41) is 12.6. The largest absolute Gasteiger partial charge is 0.484 e. The fraction of sp³-hybridized carbons (Fsp3) is 0.0833. The second-order valence-electron chi connectivity index (χ2n) is 6.97. The van der Waals surface area contributed by atoms with Gasteiger partial charge in [0.05, 0.1) is 11.4 Å². The lowest BCUT2D eigenvalue weighted by Gasteiger charge is -2.06. The van der Waals surface area contributed by atoms with Gasteiger partial charge in [-0.05, 0) is 24.6 Å². The fourth-order valence-corrected chi connectivity index (χ4v) is 3.42. The maximum atomic E-state index is 5.80. The van der Waals surface area contributed by atoms with E-state index in [0.717, 1.165) is 39.2 Å². The predicted octanol–water partition coefficient (Wildman–Crippen LogP) is 5.85. The van der Waals surface area contributed by atoms with Crippen molar-refractivity contribution in [1.82, 2.24) is 15.2 Å². The van der Waals surface area contributed by atoms with Crippen LogP contribution in [0.3, 0.4) is 0 Å². The van der Waals surface area contributed by atoms with Crippen molar-refractivity contribution in [2.75, 3.05) is 5.32 Å². The molecule has 3 aromatic carbocycles. The first-order valence-corrected chi connectivity index (χ1v) is 9.72. The Kier molecular flexibility index (Phi) is 4.65. The van der Waals surface area contributed by atoms with Gasteiger partial charge in [-0.1, -0.05) is 71.8 Å². The van der Waals surface area contributed by atoms with Crippen LogP contribution < -0.4 is 10.1 Å². The summed E-state index contributed by atoms with van der Waals surface area (Å²) >= 11 is 0. The van der Waals surface area contributed by atoms with Gasteiger partial charge in [0.1, 0.15) is 5.75 Å². The Labute approximate surface area is 173 Å². The number of anilines is 2. The van der Waals surface area contributed by atoms with Crippen LogP contribution in [0.15, 0.2) is 83.3 Å². The van der Waals surface area contributed by atoms with Crippen molar-refractivity contribution in [1.29, 1.82) is 0 Å². The highest BCUT2D eigenvalue weighted by Gasteiger charge is 2.16. The summed E-state index contributed by atoms with van der Waals surface area (Å²) in [6.07, 6.45) is 0. The van der Waals surface area contributed by atoms with Crippen LogP contribution in [0.4, 0.5) is 11.7 Å². The van der Waals surface area contributed by atoms with Crippen LogP contribution in [0.5, 0.6) is 5.75 Å². The van der Waals surface area contributed by atoms with E-state index in [2.05, 4.69) is 38.7 Å². The van der Waals surface area contributed by atoms with Crippen LogP contribution in [-0.4, -0.2) is 15.2 Å². The van der Waals surface area contributed by atoms with E-state index in [1.54, 1.807) is 0 Å². The SMILES string of the molecule is Cc1ccccc1OCc1nnc(Nc2c(-c3ccccc3)[nH]c3ccccc23)o1. The molecule has 6 heteroatoms. The Bertz CT molecular complexity index is 1290. The van der Waals surface area contributed by atoms with Crippen molar-refractivity contribution < 1.29 is 9.15 Å². The maximum absolute atomic E-state index is 5.80. The smallest absolute Gasteiger partial charge is 0.320 e. The summed E-state index contributed by atoms with van der Waals surface area (Å²) in [6.45, 7) is 2.21. The highest BCUT2D eigenvalue weighted by atomic mass is 16.5. The Morgan fingerprint density at radius 3 is 2.53 bits per heavy atom. The molecule has 0 saturated carbocycles. The first kappa shape index (κ1) is 18.0. The predicted molar refractivity (Wildman–Crippen MR) is 117 cm³/mol. The van der Waals surface area contributed by atoms with Crippen LogP contribution in [0, 0.1) is 6.92 Å². The fourth-order valence-electron chi connectivity index (χ4n) is 3.42. The number of H-pyrrole nitrogens is 1. The Morgan fingerprint density at radius 1 is 0.900 bits per heavy atom. The molecule has 0 atom stereocenters. The Morgan fingerprint density at radius 2 is 1.67 bits per heavy atom. The highest BCUT2D eigenvalue weighted by molar-refractivity contribution is 6.02. The van der Waals surface area contributed by atoms with Crippen LogP contribution >= 0.6 is 0 Å². The number of hydrogen-bond donors (Lipinski definition) is 2. The lowest BCUT2D eigenvalue weighted by atomic mass is 10.1. The van der Waals surface area contributed by atoms with Crippen molar-refractivity contribution >= 4 is 22.6 Å². The van der Waals surface area contributed by atoms with E-state index in [1.807, 2.05) is 67.6 Å². The molecule has 30 heavy (non-hydrogen) atoms. The third-order valence-electron chi connectivity index (χ3n) is 4.91. The average Bonchev–Trinajstić information content (AvgIpc) is 3.39. The van der Waals surface area contributed by atoms with Gasteiger partial charge in [0.25, 0.3) is 5.89 Å². The molecule has 0 aliphatic rings. The van der Waals surface area contributed by atoms with Gasteiger partial charge < -0.3 is 19.5 Å². The minimum atomic E-state index is 0.207. The van der Waals surface area contributed by atoms with Gasteiger partial charge in [0.15, 0.2) is 6.61 Å². The van der Waals surface area contributed by atoms with E-state index in [-0.39, 0.29) is 6.61 Å². The quantitative estimate of drug-likeness (QED) is 0.377. The van der Waals surface area contributed by atoms with Crippen LogP contribution in [0.1, 0.15) is 11.5 Å². The number of aromatic amines is 1. The summed E-state index contributed by atoms with van der Waals surface area (Å²) in [6, 6.07) is 26.4. The molecule has 148 valence electrons. The van der Waals surface area contributed by atoms with E-state index >= 15 is 0 Å². The molecule has 0 unspecified atom stereocenters. The topological polar surface area (TPSA) is 76.0 Å². The summed E-state index contributed by atoms with van der Waals surface area (Å²) in [5.41, 5.74) is 5.02. The molecule has 0 aliphatic heterocycles. The standard InChI is InChI=1S/C24H20N4O2/c1-16-9-5-8-14-20(16)29-15-21-27-28-24(30-21)26-23-18-12-6-7-13-19(18)25-22(23)17-10-3-2-4-11-17/h2-14,25H,15H2,1H3,(H,26,28). The number of hydrogen-bond acceptors (Lipinski definition) is 5. The van der Waals surface area contributed by atoms with Gasteiger partial charge >= 0.3 is 6.01 Å². The molecule has 2 heterocycles. The van der Waals surface area contributed by atoms with Crippen LogP contribution in [-0.2, 0) is 6.61 Å². The minimum absolute atomic E-state index is 0.207. The molecule has 0 fully saturated rings. The molecule has 0 spiro atoms.